The first-order chi connectivity index (χ1) is 9.63. The van der Waals surface area contributed by atoms with Crippen LogP contribution in [0, 0.1) is 10.1 Å². The van der Waals surface area contributed by atoms with E-state index >= 15 is 0 Å². The SMILES string of the molecule is CCc1ccc(Nc2ncc([N+](=O)[O-])c(NC)n2)cc1. The minimum Gasteiger partial charge on any atom is -0.367 e. The number of aromatic nitrogens is 2. The maximum Gasteiger partial charge on any atom is 0.329 e. The van der Waals surface area contributed by atoms with Gasteiger partial charge in [-0.05, 0) is 24.1 Å². The van der Waals surface area contributed by atoms with Crippen LogP contribution in [0.1, 0.15) is 12.5 Å². The van der Waals surface area contributed by atoms with Gasteiger partial charge < -0.3 is 10.6 Å². The summed E-state index contributed by atoms with van der Waals surface area (Å²) in [7, 11) is 1.58. The number of hydrogen-bond donors (Lipinski definition) is 2. The predicted molar refractivity (Wildman–Crippen MR) is 77.3 cm³/mol. The van der Waals surface area contributed by atoms with Gasteiger partial charge in [-0.15, -0.1) is 0 Å². The number of rotatable bonds is 5. The first-order valence-electron chi connectivity index (χ1n) is 6.19. The van der Waals surface area contributed by atoms with Crippen LogP contribution in [0.4, 0.5) is 23.1 Å². The minimum absolute atomic E-state index is 0.153. The molecule has 0 aliphatic carbocycles. The summed E-state index contributed by atoms with van der Waals surface area (Å²) in [6.07, 6.45) is 2.15. The van der Waals surface area contributed by atoms with E-state index in [1.165, 1.54) is 11.8 Å². The van der Waals surface area contributed by atoms with Crippen LogP contribution in [0.25, 0.3) is 0 Å². The largest absolute Gasteiger partial charge is 0.367 e. The third kappa shape index (κ3) is 3.00. The molecule has 0 aliphatic heterocycles. The van der Waals surface area contributed by atoms with Crippen molar-refractivity contribution in [2.75, 3.05) is 17.7 Å². The number of hydrogen-bond acceptors (Lipinski definition) is 6. The van der Waals surface area contributed by atoms with E-state index in [-0.39, 0.29) is 11.5 Å². The molecule has 1 heterocycles. The van der Waals surface area contributed by atoms with Gasteiger partial charge in [0.2, 0.25) is 11.8 Å². The topological polar surface area (TPSA) is 93.0 Å². The summed E-state index contributed by atoms with van der Waals surface area (Å²) in [6.45, 7) is 2.08. The highest BCUT2D eigenvalue weighted by Gasteiger charge is 2.15. The molecule has 0 radical (unpaired) electrons. The van der Waals surface area contributed by atoms with Crippen molar-refractivity contribution in [1.29, 1.82) is 0 Å². The van der Waals surface area contributed by atoms with Crippen LogP contribution < -0.4 is 10.6 Å². The predicted octanol–water partition coefficient (Wildman–Crippen LogP) is 2.73. The lowest BCUT2D eigenvalue weighted by Crippen LogP contribution is -2.04. The molecule has 0 bridgehead atoms. The Balaban J connectivity index is 2.22. The number of nitro groups is 1. The first-order valence-corrected chi connectivity index (χ1v) is 6.19. The molecule has 0 aliphatic rings. The highest BCUT2D eigenvalue weighted by molar-refractivity contribution is 5.60. The molecule has 20 heavy (non-hydrogen) atoms. The summed E-state index contributed by atoms with van der Waals surface area (Å²) in [6, 6.07) is 7.85. The van der Waals surface area contributed by atoms with Gasteiger partial charge in [0.15, 0.2) is 0 Å². The Morgan fingerprint density at radius 3 is 2.55 bits per heavy atom. The van der Waals surface area contributed by atoms with Gasteiger partial charge in [-0.2, -0.15) is 4.98 Å². The van der Waals surface area contributed by atoms with Crippen molar-refractivity contribution in [3.05, 3.63) is 46.1 Å². The Bertz CT molecular complexity index is 613. The standard InChI is InChI=1S/C13H15N5O2/c1-3-9-4-6-10(7-5-9)16-13-15-8-11(18(19)20)12(14-2)17-13/h4-8H,3H2,1-2H3,(H2,14,15,16,17). The fraction of sp³-hybridized carbons (Fsp3) is 0.231. The van der Waals surface area contributed by atoms with E-state index in [0.717, 1.165) is 12.1 Å². The Labute approximate surface area is 116 Å². The maximum absolute atomic E-state index is 10.8. The zero-order valence-corrected chi connectivity index (χ0v) is 11.3. The number of nitrogens with one attached hydrogen (secondary N) is 2. The molecule has 7 heteroatoms. The Morgan fingerprint density at radius 1 is 1.30 bits per heavy atom. The van der Waals surface area contributed by atoms with Crippen LogP contribution in [-0.2, 0) is 6.42 Å². The lowest BCUT2D eigenvalue weighted by molar-refractivity contribution is -0.384. The van der Waals surface area contributed by atoms with Gasteiger partial charge >= 0.3 is 5.69 Å². The van der Waals surface area contributed by atoms with Gasteiger partial charge in [-0.25, -0.2) is 4.98 Å². The van der Waals surface area contributed by atoms with E-state index in [2.05, 4.69) is 27.5 Å². The van der Waals surface area contributed by atoms with Crippen LogP contribution in [0.5, 0.6) is 0 Å². The summed E-state index contributed by atoms with van der Waals surface area (Å²) < 4.78 is 0. The van der Waals surface area contributed by atoms with Crippen molar-refractivity contribution in [3.63, 3.8) is 0 Å². The van der Waals surface area contributed by atoms with Crippen molar-refractivity contribution in [3.8, 4) is 0 Å². The molecule has 0 spiro atoms. The third-order valence-corrected chi connectivity index (χ3v) is 2.82. The molecule has 2 rings (SSSR count). The average molecular weight is 273 g/mol. The average Bonchev–Trinajstić information content (AvgIpc) is 2.47. The van der Waals surface area contributed by atoms with E-state index in [9.17, 15) is 10.1 Å². The fourth-order valence-electron chi connectivity index (χ4n) is 1.71. The smallest absolute Gasteiger partial charge is 0.329 e. The summed E-state index contributed by atoms with van der Waals surface area (Å²) in [5.41, 5.74) is 1.91. The molecule has 0 fully saturated rings. The summed E-state index contributed by atoms with van der Waals surface area (Å²) in [5, 5.41) is 16.5. The van der Waals surface area contributed by atoms with Crippen LogP contribution in [-0.4, -0.2) is 21.9 Å². The highest BCUT2D eigenvalue weighted by atomic mass is 16.6. The van der Waals surface area contributed by atoms with Crippen molar-refractivity contribution in [1.82, 2.24) is 9.97 Å². The molecular weight excluding hydrogens is 258 g/mol. The molecule has 0 saturated carbocycles. The van der Waals surface area contributed by atoms with Crippen molar-refractivity contribution < 1.29 is 4.92 Å². The zero-order valence-electron chi connectivity index (χ0n) is 11.3. The van der Waals surface area contributed by atoms with Gasteiger partial charge in [0.25, 0.3) is 0 Å². The second-order valence-electron chi connectivity index (χ2n) is 4.11. The molecule has 0 atom stereocenters. The van der Waals surface area contributed by atoms with Gasteiger partial charge in [-0.3, -0.25) is 10.1 Å². The quantitative estimate of drug-likeness (QED) is 0.642. The van der Waals surface area contributed by atoms with Crippen molar-refractivity contribution in [2.45, 2.75) is 13.3 Å². The molecule has 7 nitrogen and oxygen atoms in total. The van der Waals surface area contributed by atoms with E-state index in [1.54, 1.807) is 7.05 Å². The van der Waals surface area contributed by atoms with Crippen molar-refractivity contribution in [2.24, 2.45) is 0 Å². The van der Waals surface area contributed by atoms with E-state index < -0.39 is 4.92 Å². The number of anilines is 3. The normalized spacial score (nSPS) is 10.1. The molecule has 1 aromatic carbocycles. The molecule has 0 unspecified atom stereocenters. The van der Waals surface area contributed by atoms with E-state index in [0.29, 0.717) is 5.95 Å². The lowest BCUT2D eigenvalue weighted by atomic mass is 10.1. The molecule has 0 saturated heterocycles. The minimum atomic E-state index is -0.522. The number of nitrogens with zero attached hydrogens (tertiary/aromatic N) is 3. The molecular formula is C13H15N5O2. The van der Waals surface area contributed by atoms with E-state index in [4.69, 9.17) is 0 Å². The zero-order chi connectivity index (χ0) is 14.5. The van der Waals surface area contributed by atoms with Crippen LogP contribution >= 0.6 is 0 Å². The third-order valence-electron chi connectivity index (χ3n) is 2.82. The molecule has 0 amide bonds. The first kappa shape index (κ1) is 13.7. The lowest BCUT2D eigenvalue weighted by Gasteiger charge is -2.07. The van der Waals surface area contributed by atoms with Crippen LogP contribution in [0.15, 0.2) is 30.5 Å². The van der Waals surface area contributed by atoms with Crippen molar-refractivity contribution >= 4 is 23.1 Å². The van der Waals surface area contributed by atoms with Crippen LogP contribution in [0.2, 0.25) is 0 Å². The summed E-state index contributed by atoms with van der Waals surface area (Å²) in [4.78, 5) is 18.3. The number of benzene rings is 1. The van der Waals surface area contributed by atoms with E-state index in [1.807, 2.05) is 24.3 Å². The second kappa shape index (κ2) is 5.96. The summed E-state index contributed by atoms with van der Waals surface area (Å²) >= 11 is 0. The number of aryl methyl sites for hydroxylation is 1. The van der Waals surface area contributed by atoms with Gasteiger partial charge in [0.05, 0.1) is 4.92 Å². The second-order valence-corrected chi connectivity index (χ2v) is 4.11. The van der Waals surface area contributed by atoms with Gasteiger partial charge in [0.1, 0.15) is 6.20 Å². The Kier molecular flexibility index (Phi) is 4.09. The van der Waals surface area contributed by atoms with Crippen LogP contribution in [0.3, 0.4) is 0 Å². The molecule has 2 aromatic rings. The molecule has 104 valence electrons. The monoisotopic (exact) mass is 273 g/mol. The summed E-state index contributed by atoms with van der Waals surface area (Å²) in [5.74, 6) is 0.488. The Hall–Kier alpha value is -2.70. The Morgan fingerprint density at radius 2 is 2.00 bits per heavy atom. The maximum atomic E-state index is 10.8. The van der Waals surface area contributed by atoms with Gasteiger partial charge in [-0.1, -0.05) is 19.1 Å². The molecule has 2 N–H and O–H groups in total. The fourth-order valence-corrected chi connectivity index (χ4v) is 1.71. The van der Waals surface area contributed by atoms with Gasteiger partial charge in [0, 0.05) is 12.7 Å². The molecule has 1 aromatic heterocycles. The highest BCUT2D eigenvalue weighted by Crippen LogP contribution is 2.23.